The topological polar surface area (TPSA) is 98.1 Å². The first kappa shape index (κ1) is 14.7. The van der Waals surface area contributed by atoms with Gasteiger partial charge in [0.1, 0.15) is 17.2 Å². The number of anilines is 1. The fourth-order valence-electron chi connectivity index (χ4n) is 2.12. The Balaban J connectivity index is 1.72. The van der Waals surface area contributed by atoms with Crippen molar-refractivity contribution in [2.75, 3.05) is 12.8 Å². The number of carbonyl (C=O) groups is 1. The van der Waals surface area contributed by atoms with Gasteiger partial charge < -0.3 is 15.2 Å². The third kappa shape index (κ3) is 3.34. The minimum atomic E-state index is -0.237. The molecule has 0 saturated carbocycles. The van der Waals surface area contributed by atoms with Crippen molar-refractivity contribution in [2.24, 2.45) is 0 Å². The van der Waals surface area contributed by atoms with Gasteiger partial charge in [-0.1, -0.05) is 11.2 Å². The molecule has 3 aromatic heterocycles. The molecule has 0 radical (unpaired) electrons. The van der Waals surface area contributed by atoms with E-state index in [0.717, 1.165) is 5.56 Å². The van der Waals surface area contributed by atoms with Gasteiger partial charge in [0.05, 0.1) is 6.54 Å². The maximum atomic E-state index is 12.3. The van der Waals surface area contributed by atoms with Crippen molar-refractivity contribution in [3.8, 4) is 11.3 Å². The summed E-state index contributed by atoms with van der Waals surface area (Å²) in [5.41, 5.74) is 7.50. The molecular weight excluding hydrogens is 294 g/mol. The predicted molar refractivity (Wildman–Crippen MR) is 84.2 cm³/mol. The van der Waals surface area contributed by atoms with E-state index in [1.54, 1.807) is 43.7 Å². The van der Waals surface area contributed by atoms with Gasteiger partial charge in [0.15, 0.2) is 5.76 Å². The van der Waals surface area contributed by atoms with E-state index < -0.39 is 0 Å². The maximum absolute atomic E-state index is 12.3. The quantitative estimate of drug-likeness (QED) is 0.791. The Morgan fingerprint density at radius 2 is 2.04 bits per heavy atom. The molecule has 0 aromatic carbocycles. The average Bonchev–Trinajstić information content (AvgIpc) is 3.03. The summed E-state index contributed by atoms with van der Waals surface area (Å²) in [5, 5.41) is 4.01. The molecule has 23 heavy (non-hydrogen) atoms. The summed E-state index contributed by atoms with van der Waals surface area (Å²) in [5.74, 6) is 0.652. The lowest BCUT2D eigenvalue weighted by Crippen LogP contribution is -2.27. The number of pyridine rings is 2. The van der Waals surface area contributed by atoms with Crippen LogP contribution < -0.4 is 5.73 Å². The number of rotatable bonds is 4. The standard InChI is InChI=1S/C16H15N5O2/c1-21(16(22)13-3-2-4-15(17)19-13)10-12-9-14(20-23-12)11-5-7-18-8-6-11/h2-9H,10H2,1H3,(H2,17,19). The minimum absolute atomic E-state index is 0.237. The molecule has 2 N–H and O–H groups in total. The lowest BCUT2D eigenvalue weighted by molar-refractivity contribution is 0.0766. The van der Waals surface area contributed by atoms with Crippen LogP contribution in [0.15, 0.2) is 53.3 Å². The molecule has 3 rings (SSSR count). The Labute approximate surface area is 132 Å². The summed E-state index contributed by atoms with van der Waals surface area (Å²) in [4.78, 5) is 21.8. The molecule has 0 spiro atoms. The van der Waals surface area contributed by atoms with Gasteiger partial charge in [-0.15, -0.1) is 0 Å². The first-order valence-electron chi connectivity index (χ1n) is 6.97. The van der Waals surface area contributed by atoms with E-state index in [0.29, 0.717) is 23.0 Å². The molecule has 0 fully saturated rings. The monoisotopic (exact) mass is 309 g/mol. The number of nitrogens with two attached hydrogens (primary N) is 1. The summed E-state index contributed by atoms with van der Waals surface area (Å²) in [6, 6.07) is 10.4. The third-order valence-corrected chi connectivity index (χ3v) is 3.26. The van der Waals surface area contributed by atoms with Crippen LogP contribution in [0.4, 0.5) is 5.82 Å². The summed E-state index contributed by atoms with van der Waals surface area (Å²) < 4.78 is 5.29. The van der Waals surface area contributed by atoms with E-state index in [1.807, 2.05) is 12.1 Å². The number of hydrogen-bond acceptors (Lipinski definition) is 6. The summed E-state index contributed by atoms with van der Waals surface area (Å²) in [6.07, 6.45) is 3.37. The van der Waals surface area contributed by atoms with Crippen LogP contribution in [0.2, 0.25) is 0 Å². The van der Waals surface area contributed by atoms with Crippen molar-refractivity contribution >= 4 is 11.7 Å². The normalized spacial score (nSPS) is 10.5. The van der Waals surface area contributed by atoms with Crippen molar-refractivity contribution in [1.29, 1.82) is 0 Å². The number of nitrogen functional groups attached to an aromatic ring is 1. The van der Waals surface area contributed by atoms with Gasteiger partial charge in [0, 0.05) is 31.1 Å². The SMILES string of the molecule is CN(Cc1cc(-c2ccncc2)no1)C(=O)c1cccc(N)n1. The fourth-order valence-corrected chi connectivity index (χ4v) is 2.12. The fraction of sp³-hybridized carbons (Fsp3) is 0.125. The Kier molecular flexibility index (Phi) is 4.01. The second-order valence-electron chi connectivity index (χ2n) is 5.02. The molecule has 0 unspecified atom stereocenters. The van der Waals surface area contributed by atoms with Crippen LogP contribution in [0.5, 0.6) is 0 Å². The zero-order valence-corrected chi connectivity index (χ0v) is 12.5. The van der Waals surface area contributed by atoms with Crippen LogP contribution in [0.3, 0.4) is 0 Å². The Hall–Kier alpha value is -3.22. The number of nitrogens with zero attached hydrogens (tertiary/aromatic N) is 4. The lowest BCUT2D eigenvalue weighted by atomic mass is 10.2. The van der Waals surface area contributed by atoms with Crippen LogP contribution in [0.1, 0.15) is 16.2 Å². The van der Waals surface area contributed by atoms with Crippen LogP contribution in [-0.4, -0.2) is 33.0 Å². The van der Waals surface area contributed by atoms with Gasteiger partial charge in [0.2, 0.25) is 0 Å². The molecule has 7 nitrogen and oxygen atoms in total. The molecule has 0 aliphatic heterocycles. The molecular formula is C16H15N5O2. The largest absolute Gasteiger partial charge is 0.384 e. The summed E-state index contributed by atoms with van der Waals surface area (Å²) in [6.45, 7) is 0.285. The first-order valence-corrected chi connectivity index (χ1v) is 6.97. The van der Waals surface area contributed by atoms with E-state index in [9.17, 15) is 4.79 Å². The van der Waals surface area contributed by atoms with Gasteiger partial charge >= 0.3 is 0 Å². The van der Waals surface area contributed by atoms with Gasteiger partial charge in [-0.3, -0.25) is 9.78 Å². The zero-order chi connectivity index (χ0) is 16.2. The molecule has 116 valence electrons. The van der Waals surface area contributed by atoms with E-state index in [4.69, 9.17) is 10.3 Å². The van der Waals surface area contributed by atoms with Gasteiger partial charge in [-0.2, -0.15) is 0 Å². The van der Waals surface area contributed by atoms with Crippen LogP contribution >= 0.6 is 0 Å². The van der Waals surface area contributed by atoms with Crippen molar-refractivity contribution in [3.05, 3.63) is 60.2 Å². The molecule has 0 bridgehead atoms. The van der Waals surface area contributed by atoms with Gasteiger partial charge in [-0.05, 0) is 24.3 Å². The number of aromatic nitrogens is 3. The third-order valence-electron chi connectivity index (χ3n) is 3.26. The average molecular weight is 309 g/mol. The first-order chi connectivity index (χ1) is 11.1. The smallest absolute Gasteiger partial charge is 0.272 e. The number of carbonyl (C=O) groups excluding carboxylic acids is 1. The van der Waals surface area contributed by atoms with Gasteiger partial charge in [-0.25, -0.2) is 4.98 Å². The Morgan fingerprint density at radius 1 is 1.26 bits per heavy atom. The van der Waals surface area contributed by atoms with Gasteiger partial charge in [0.25, 0.3) is 5.91 Å². The molecule has 0 saturated heterocycles. The Bertz CT molecular complexity index is 816. The van der Waals surface area contributed by atoms with E-state index >= 15 is 0 Å². The van der Waals surface area contributed by atoms with Crippen molar-refractivity contribution < 1.29 is 9.32 Å². The van der Waals surface area contributed by atoms with E-state index in [-0.39, 0.29) is 12.5 Å². The molecule has 3 heterocycles. The van der Waals surface area contributed by atoms with Crippen molar-refractivity contribution in [2.45, 2.75) is 6.54 Å². The summed E-state index contributed by atoms with van der Waals surface area (Å²) >= 11 is 0. The van der Waals surface area contributed by atoms with Crippen LogP contribution in [0.25, 0.3) is 11.3 Å². The van der Waals surface area contributed by atoms with E-state index in [1.165, 1.54) is 4.90 Å². The molecule has 0 atom stereocenters. The molecule has 3 aromatic rings. The second-order valence-corrected chi connectivity index (χ2v) is 5.02. The predicted octanol–water partition coefficient (Wildman–Crippen LogP) is 1.99. The molecule has 0 aliphatic rings. The highest BCUT2D eigenvalue weighted by atomic mass is 16.5. The van der Waals surface area contributed by atoms with Crippen LogP contribution in [-0.2, 0) is 6.54 Å². The molecule has 7 heteroatoms. The second kappa shape index (κ2) is 6.27. The van der Waals surface area contributed by atoms with E-state index in [2.05, 4.69) is 15.1 Å². The molecule has 0 aliphatic carbocycles. The highest BCUT2D eigenvalue weighted by Gasteiger charge is 2.16. The Morgan fingerprint density at radius 3 is 2.78 bits per heavy atom. The number of hydrogen-bond donors (Lipinski definition) is 1. The molecule has 1 amide bonds. The minimum Gasteiger partial charge on any atom is -0.384 e. The zero-order valence-electron chi connectivity index (χ0n) is 12.5. The number of amides is 1. The van der Waals surface area contributed by atoms with Crippen molar-refractivity contribution in [1.82, 2.24) is 20.0 Å². The highest BCUT2D eigenvalue weighted by molar-refractivity contribution is 5.92. The highest BCUT2D eigenvalue weighted by Crippen LogP contribution is 2.19. The lowest BCUT2D eigenvalue weighted by Gasteiger charge is -2.14. The van der Waals surface area contributed by atoms with Crippen molar-refractivity contribution in [3.63, 3.8) is 0 Å². The summed E-state index contributed by atoms with van der Waals surface area (Å²) in [7, 11) is 1.67. The maximum Gasteiger partial charge on any atom is 0.272 e. The van der Waals surface area contributed by atoms with Crippen LogP contribution in [0, 0.1) is 0 Å².